The van der Waals surface area contributed by atoms with E-state index in [4.69, 9.17) is 9.47 Å². The van der Waals surface area contributed by atoms with E-state index >= 15 is 0 Å². The number of nitrogens with zero attached hydrogens (tertiary/aromatic N) is 2. The number of hydrogen-bond donors (Lipinski definition) is 1. The summed E-state index contributed by atoms with van der Waals surface area (Å²) >= 11 is 0. The molecular formula is C25H29N3O5S. The maximum atomic E-state index is 13.4. The van der Waals surface area contributed by atoms with Crippen molar-refractivity contribution in [3.63, 3.8) is 0 Å². The number of fused-ring (bicyclic) bond motifs is 1. The first-order valence-electron chi connectivity index (χ1n) is 11.3. The maximum Gasteiger partial charge on any atom is 0.264 e. The Morgan fingerprint density at radius 2 is 1.76 bits per heavy atom. The van der Waals surface area contributed by atoms with E-state index in [2.05, 4.69) is 14.7 Å². The number of rotatable bonds is 8. The van der Waals surface area contributed by atoms with E-state index in [1.807, 2.05) is 34.6 Å². The van der Waals surface area contributed by atoms with Crippen LogP contribution in [0.3, 0.4) is 0 Å². The van der Waals surface area contributed by atoms with Crippen LogP contribution in [0.25, 0.3) is 10.9 Å². The lowest BCUT2D eigenvalue weighted by atomic mass is 9.96. The third kappa shape index (κ3) is 4.70. The summed E-state index contributed by atoms with van der Waals surface area (Å²) in [6.07, 6.45) is 2.26. The Hall–Kier alpha value is -3.20. The van der Waals surface area contributed by atoms with Gasteiger partial charge in [0, 0.05) is 16.6 Å². The van der Waals surface area contributed by atoms with Crippen LogP contribution < -0.4 is 14.2 Å². The number of sulfonamides is 1. The number of aromatic nitrogens is 2. The van der Waals surface area contributed by atoms with Crippen LogP contribution in [-0.4, -0.2) is 36.5 Å². The number of carbonyl (C=O) groups excluding carboxylic acids is 1. The van der Waals surface area contributed by atoms with Crippen LogP contribution in [0, 0.1) is 6.92 Å². The van der Waals surface area contributed by atoms with Crippen molar-refractivity contribution in [1.82, 2.24) is 14.7 Å². The molecule has 1 N–H and O–H groups in total. The molecule has 1 fully saturated rings. The summed E-state index contributed by atoms with van der Waals surface area (Å²) in [5.41, 5.74) is 0.797. The van der Waals surface area contributed by atoms with Crippen LogP contribution in [0.2, 0.25) is 0 Å². The minimum atomic E-state index is -4.15. The Morgan fingerprint density at radius 1 is 1.06 bits per heavy atom. The van der Waals surface area contributed by atoms with Gasteiger partial charge >= 0.3 is 0 Å². The molecule has 2 heterocycles. The van der Waals surface area contributed by atoms with Crippen LogP contribution in [0.15, 0.2) is 47.5 Å². The second-order valence-corrected chi connectivity index (χ2v) is 10.8. The van der Waals surface area contributed by atoms with Gasteiger partial charge in [-0.3, -0.25) is 9.78 Å². The molecule has 180 valence electrons. The lowest BCUT2D eigenvalue weighted by Crippen LogP contribution is -2.39. The maximum absolute atomic E-state index is 13.4. The van der Waals surface area contributed by atoms with Gasteiger partial charge in [-0.1, -0.05) is 6.07 Å². The molecule has 1 aromatic carbocycles. The van der Waals surface area contributed by atoms with Crippen molar-refractivity contribution in [2.45, 2.75) is 70.0 Å². The molecule has 4 rings (SSSR count). The van der Waals surface area contributed by atoms with E-state index in [9.17, 15) is 13.2 Å². The number of pyridine rings is 2. The molecule has 0 aliphatic heterocycles. The van der Waals surface area contributed by atoms with Gasteiger partial charge in [0.05, 0.1) is 34.2 Å². The second-order valence-electron chi connectivity index (χ2n) is 9.15. The van der Waals surface area contributed by atoms with Gasteiger partial charge in [-0.15, -0.1) is 0 Å². The first kappa shape index (κ1) is 23.9. The third-order valence-corrected chi connectivity index (χ3v) is 6.98. The molecule has 1 amide bonds. The van der Waals surface area contributed by atoms with Gasteiger partial charge < -0.3 is 9.47 Å². The quantitative estimate of drug-likeness (QED) is 0.515. The van der Waals surface area contributed by atoms with E-state index in [1.54, 1.807) is 36.5 Å². The lowest BCUT2D eigenvalue weighted by molar-refractivity contribution is -0.121. The number of carbonyl (C=O) groups is 1. The average Bonchev–Trinajstić information content (AvgIpc) is 3.55. The molecule has 2 aromatic heterocycles. The minimum absolute atomic E-state index is 0.00956. The lowest BCUT2D eigenvalue weighted by Gasteiger charge is -2.21. The van der Waals surface area contributed by atoms with Crippen LogP contribution in [0.5, 0.6) is 11.6 Å². The van der Waals surface area contributed by atoms with Crippen molar-refractivity contribution in [3.8, 4) is 11.6 Å². The Morgan fingerprint density at radius 3 is 2.41 bits per heavy atom. The number of amides is 1. The molecule has 1 aliphatic carbocycles. The largest absolute Gasteiger partial charge is 0.489 e. The molecule has 0 saturated heterocycles. The van der Waals surface area contributed by atoms with Crippen molar-refractivity contribution in [2.75, 3.05) is 0 Å². The van der Waals surface area contributed by atoms with E-state index in [0.29, 0.717) is 40.9 Å². The fourth-order valence-electron chi connectivity index (χ4n) is 3.91. The first-order chi connectivity index (χ1) is 16.0. The number of aryl methyl sites for hydroxylation is 1. The number of nitrogens with one attached hydrogen (secondary N) is 1. The zero-order chi connectivity index (χ0) is 24.7. The summed E-state index contributed by atoms with van der Waals surface area (Å²) in [6.45, 7) is 9.35. The fraction of sp³-hybridized carbons (Fsp3) is 0.400. The SMILES string of the molecule is Cc1ccc2c(S(=O)(=O)NC(=O)C3(c4cc(OC(C)C)cnc4OC(C)C)CC3)cccc2n1. The second kappa shape index (κ2) is 8.87. The molecule has 9 heteroatoms. The Labute approximate surface area is 199 Å². The number of benzene rings is 1. The smallest absolute Gasteiger partial charge is 0.264 e. The highest BCUT2D eigenvalue weighted by Crippen LogP contribution is 2.52. The van der Waals surface area contributed by atoms with Crippen LogP contribution in [-0.2, 0) is 20.2 Å². The summed E-state index contributed by atoms with van der Waals surface area (Å²) in [5, 5.41) is 0.455. The van der Waals surface area contributed by atoms with Crippen molar-refractivity contribution in [2.24, 2.45) is 0 Å². The highest BCUT2D eigenvalue weighted by molar-refractivity contribution is 7.90. The van der Waals surface area contributed by atoms with Gasteiger partial charge in [-0.05, 0) is 77.8 Å². The van der Waals surface area contributed by atoms with E-state index < -0.39 is 21.3 Å². The van der Waals surface area contributed by atoms with Gasteiger partial charge in [0.1, 0.15) is 5.75 Å². The molecule has 0 spiro atoms. The molecule has 1 aliphatic rings. The predicted molar refractivity (Wildman–Crippen MR) is 128 cm³/mol. The molecule has 8 nitrogen and oxygen atoms in total. The van der Waals surface area contributed by atoms with Crippen LogP contribution in [0.4, 0.5) is 0 Å². The molecule has 0 unspecified atom stereocenters. The third-order valence-electron chi connectivity index (χ3n) is 5.59. The van der Waals surface area contributed by atoms with E-state index in [0.717, 1.165) is 5.69 Å². The molecule has 3 aromatic rings. The van der Waals surface area contributed by atoms with Crippen molar-refractivity contribution >= 4 is 26.8 Å². The van der Waals surface area contributed by atoms with Gasteiger partial charge in [-0.2, -0.15) is 0 Å². The molecule has 0 bridgehead atoms. The van der Waals surface area contributed by atoms with Crippen molar-refractivity contribution in [1.29, 1.82) is 0 Å². The standard InChI is InChI=1S/C25H29N3O5S/c1-15(2)32-18-13-20(23(26-14-18)33-16(3)4)25(11-12-25)24(29)28-34(30,31)22-8-6-7-21-19(22)10-9-17(5)27-21/h6-10,13-16H,11-12H2,1-5H3,(H,28,29). The Kier molecular flexibility index (Phi) is 6.24. The summed E-state index contributed by atoms with van der Waals surface area (Å²) in [6, 6.07) is 10.0. The molecule has 1 saturated carbocycles. The monoisotopic (exact) mass is 483 g/mol. The van der Waals surface area contributed by atoms with Gasteiger partial charge in [0.15, 0.2) is 0 Å². The summed E-state index contributed by atoms with van der Waals surface area (Å²) < 4.78 is 40.5. The minimum Gasteiger partial charge on any atom is -0.489 e. The molecule has 34 heavy (non-hydrogen) atoms. The Bertz CT molecular complexity index is 1350. The van der Waals surface area contributed by atoms with Gasteiger partial charge in [-0.25, -0.2) is 18.1 Å². The zero-order valence-corrected chi connectivity index (χ0v) is 20.8. The summed E-state index contributed by atoms with van der Waals surface area (Å²) in [4.78, 5) is 22.2. The average molecular weight is 484 g/mol. The number of ether oxygens (including phenoxy) is 2. The van der Waals surface area contributed by atoms with Gasteiger partial charge in [0.25, 0.3) is 10.0 Å². The van der Waals surface area contributed by atoms with Crippen LogP contribution >= 0.6 is 0 Å². The first-order valence-corrected chi connectivity index (χ1v) is 12.8. The molecule has 0 atom stereocenters. The van der Waals surface area contributed by atoms with Gasteiger partial charge in [0.2, 0.25) is 11.8 Å². The van der Waals surface area contributed by atoms with Crippen LogP contribution in [0.1, 0.15) is 51.8 Å². The van der Waals surface area contributed by atoms with Crippen molar-refractivity contribution in [3.05, 3.63) is 53.9 Å². The molecule has 0 radical (unpaired) electrons. The van der Waals surface area contributed by atoms with E-state index in [1.165, 1.54) is 6.07 Å². The van der Waals surface area contributed by atoms with E-state index in [-0.39, 0.29) is 17.1 Å². The predicted octanol–water partition coefficient (Wildman–Crippen LogP) is 4.05. The van der Waals surface area contributed by atoms with Crippen molar-refractivity contribution < 1.29 is 22.7 Å². The zero-order valence-electron chi connectivity index (χ0n) is 20.0. The summed E-state index contributed by atoms with van der Waals surface area (Å²) in [7, 11) is -4.15. The summed E-state index contributed by atoms with van der Waals surface area (Å²) in [5.74, 6) is 0.196. The number of hydrogen-bond acceptors (Lipinski definition) is 7. The highest BCUT2D eigenvalue weighted by atomic mass is 32.2. The molecular weight excluding hydrogens is 454 g/mol. The highest BCUT2D eigenvalue weighted by Gasteiger charge is 2.54. The normalized spacial score (nSPS) is 14.9. The Balaban J connectivity index is 1.70. The topological polar surface area (TPSA) is 107 Å². The fourth-order valence-corrected chi connectivity index (χ4v) is 5.18.